The van der Waals surface area contributed by atoms with Gasteiger partial charge in [-0.05, 0) is 80.5 Å². The third kappa shape index (κ3) is 8.33. The van der Waals surface area contributed by atoms with Gasteiger partial charge in [0.2, 0.25) is 0 Å². The minimum Gasteiger partial charge on any atom is -0.509 e. The molecule has 0 N–H and O–H groups in total. The minimum atomic E-state index is -0.0663. The zero-order chi connectivity index (χ0) is 47.1. The monoisotopic (exact) mass is 1080 g/mol. The second-order valence-electron chi connectivity index (χ2n) is 21.1. The summed E-state index contributed by atoms with van der Waals surface area (Å²) < 4.78 is 15.4. The van der Waals surface area contributed by atoms with Crippen molar-refractivity contribution in [3.05, 3.63) is 199 Å². The molecule has 7 heteroatoms. The van der Waals surface area contributed by atoms with Gasteiger partial charge in [-0.1, -0.05) is 164 Å². The molecule has 6 nitrogen and oxygen atoms in total. The van der Waals surface area contributed by atoms with Gasteiger partial charge in [-0.25, -0.2) is 4.98 Å². The smallest absolute Gasteiger partial charge is 0.136 e. The van der Waals surface area contributed by atoms with Crippen molar-refractivity contribution in [2.24, 2.45) is 0 Å². The van der Waals surface area contributed by atoms with E-state index in [4.69, 9.17) is 14.1 Å². The van der Waals surface area contributed by atoms with Gasteiger partial charge in [-0.3, -0.25) is 0 Å². The van der Waals surface area contributed by atoms with Gasteiger partial charge in [0.1, 0.15) is 17.0 Å². The fraction of sp³-hybridized carbons (Fsp3) is 0.194. The molecule has 11 rings (SSSR count). The second kappa shape index (κ2) is 17.3. The molecule has 0 fully saturated rings. The summed E-state index contributed by atoms with van der Waals surface area (Å²) in [6.07, 6.45) is 1.89. The van der Waals surface area contributed by atoms with Crippen LogP contribution in [0.25, 0.3) is 61.0 Å². The number of nitrogens with zero attached hydrogens (tertiary/aromatic N) is 4. The number of pyridine rings is 1. The summed E-state index contributed by atoms with van der Waals surface area (Å²) >= 11 is 0. The predicted molar refractivity (Wildman–Crippen MR) is 281 cm³/mol. The molecule has 0 aliphatic carbocycles. The first-order chi connectivity index (χ1) is 32.6. The van der Waals surface area contributed by atoms with Crippen molar-refractivity contribution in [3.8, 4) is 39.6 Å². The first-order valence-electron chi connectivity index (χ1n) is 23.5. The molecule has 69 heavy (non-hydrogen) atoms. The van der Waals surface area contributed by atoms with Crippen molar-refractivity contribution < 1.29 is 30.2 Å². The Morgan fingerprint density at radius 3 is 1.87 bits per heavy atom. The van der Waals surface area contributed by atoms with Crippen molar-refractivity contribution >= 4 is 55.7 Å². The second-order valence-corrected chi connectivity index (χ2v) is 21.1. The summed E-state index contributed by atoms with van der Waals surface area (Å²) in [5.74, 6) is 1.93. The molecule has 1 aliphatic rings. The van der Waals surface area contributed by atoms with Crippen molar-refractivity contribution in [2.45, 2.75) is 78.6 Å². The van der Waals surface area contributed by atoms with Crippen LogP contribution in [0.4, 0.5) is 22.7 Å². The van der Waals surface area contributed by atoms with E-state index in [1.54, 1.807) is 0 Å². The van der Waals surface area contributed by atoms with E-state index in [-0.39, 0.29) is 37.3 Å². The largest absolute Gasteiger partial charge is 0.509 e. The van der Waals surface area contributed by atoms with Crippen molar-refractivity contribution in [1.82, 2.24) is 9.55 Å². The number of fused-ring (bicyclic) bond motifs is 6. The molecule has 0 unspecified atom stereocenters. The number of rotatable bonds is 7. The van der Waals surface area contributed by atoms with Gasteiger partial charge in [0.25, 0.3) is 0 Å². The standard InChI is InChI=1S/C62H55N4O2.Pt/c1-60(2,3)42-31-32-63-56(36-42)66-54-38-47(29-30-50(54)59-58(66)51-23-13-16-28-55(51)68-59)67-46-22-17-21-45(37-46)64-39-65(53-27-15-14-26-52(53)64)57-48(40-19-11-10-12-20-40)24-18-25-49(57)41-33-43(61(4,5)6)35-44(34-41)62(7,8)9;/h10-36,39H,1-9H3;/q-3;. The molecule has 0 spiro atoms. The first-order valence-corrected chi connectivity index (χ1v) is 23.5. The number of para-hydroxylation sites is 4. The maximum atomic E-state index is 6.72. The topological polar surface area (TPSA) is 46.7 Å². The molecule has 0 radical (unpaired) electrons. The number of aromatic nitrogens is 2. The third-order valence-electron chi connectivity index (χ3n) is 13.2. The zero-order valence-electron chi connectivity index (χ0n) is 40.6. The van der Waals surface area contributed by atoms with Crippen LogP contribution in [-0.2, 0) is 37.3 Å². The van der Waals surface area contributed by atoms with Gasteiger partial charge in [-0.15, -0.1) is 42.7 Å². The third-order valence-corrected chi connectivity index (χ3v) is 13.2. The molecule has 7 aromatic carbocycles. The molecular formula is C62H55N4O2Pt-3. The van der Waals surface area contributed by atoms with E-state index >= 15 is 0 Å². The average Bonchev–Trinajstić information content (AvgIpc) is 4.00. The van der Waals surface area contributed by atoms with Crippen LogP contribution in [0.1, 0.15) is 79.0 Å². The van der Waals surface area contributed by atoms with Gasteiger partial charge in [-0.2, -0.15) is 12.1 Å². The van der Waals surface area contributed by atoms with E-state index < -0.39 is 0 Å². The average molecular weight is 1080 g/mol. The quantitative estimate of drug-likeness (QED) is 0.149. The SMILES string of the molecule is CC(C)(C)c1cc(-c2cccc(-c3ccccc3)c2N2[CH-]N(c3[c-]c(Oc4[c-]c5c(cc4)c4oc6ccccc6c4n5-c4cc(C(C)(C)C)ccn4)ccc3)c3ccccc32)cc(C(C)(C)C)c1.[Pt]. The Hall–Kier alpha value is -6.88. The van der Waals surface area contributed by atoms with E-state index in [0.717, 1.165) is 78.2 Å². The summed E-state index contributed by atoms with van der Waals surface area (Å²) in [7, 11) is 0. The van der Waals surface area contributed by atoms with Crippen LogP contribution >= 0.6 is 0 Å². The Labute approximate surface area is 420 Å². The predicted octanol–water partition coefficient (Wildman–Crippen LogP) is 17.0. The Balaban J connectivity index is 0.00000553. The maximum Gasteiger partial charge on any atom is 0.136 e. The molecule has 0 saturated heterocycles. The van der Waals surface area contributed by atoms with Gasteiger partial charge in [0.15, 0.2) is 0 Å². The fourth-order valence-corrected chi connectivity index (χ4v) is 9.44. The normalized spacial score (nSPS) is 13.1. The van der Waals surface area contributed by atoms with Crippen LogP contribution in [-0.4, -0.2) is 9.55 Å². The zero-order valence-corrected chi connectivity index (χ0v) is 42.9. The molecular weight excluding hydrogens is 1030 g/mol. The van der Waals surface area contributed by atoms with E-state index in [9.17, 15) is 0 Å². The van der Waals surface area contributed by atoms with Gasteiger partial charge in [0.05, 0.1) is 5.52 Å². The van der Waals surface area contributed by atoms with Crippen LogP contribution in [0.5, 0.6) is 11.5 Å². The van der Waals surface area contributed by atoms with E-state index in [0.29, 0.717) is 11.5 Å². The van der Waals surface area contributed by atoms with Crippen LogP contribution in [0.15, 0.2) is 168 Å². The van der Waals surface area contributed by atoms with E-state index in [1.165, 1.54) is 22.3 Å². The number of hydrogen-bond acceptors (Lipinski definition) is 5. The Kier molecular flexibility index (Phi) is 11.5. The molecule has 0 saturated carbocycles. The Bertz CT molecular complexity index is 3520. The Morgan fingerprint density at radius 2 is 1.16 bits per heavy atom. The van der Waals surface area contributed by atoms with Crippen LogP contribution in [0, 0.1) is 18.8 Å². The van der Waals surface area contributed by atoms with Crippen molar-refractivity contribution in [2.75, 3.05) is 9.80 Å². The number of benzene rings is 7. The maximum absolute atomic E-state index is 6.72. The van der Waals surface area contributed by atoms with E-state index in [2.05, 4.69) is 217 Å². The number of anilines is 4. The Morgan fingerprint density at radius 1 is 0.536 bits per heavy atom. The summed E-state index contributed by atoms with van der Waals surface area (Å²) in [5.41, 5.74) is 15.8. The van der Waals surface area contributed by atoms with Crippen LogP contribution < -0.4 is 14.5 Å². The summed E-state index contributed by atoms with van der Waals surface area (Å²) in [4.78, 5) is 9.48. The molecule has 0 bridgehead atoms. The molecule has 0 amide bonds. The molecule has 0 atom stereocenters. The molecule has 348 valence electrons. The van der Waals surface area contributed by atoms with Gasteiger partial charge < -0.3 is 23.5 Å². The summed E-state index contributed by atoms with van der Waals surface area (Å²) in [5, 5.41) is 1.95. The van der Waals surface area contributed by atoms with Crippen LogP contribution in [0.3, 0.4) is 0 Å². The number of hydrogen-bond donors (Lipinski definition) is 0. The number of furan rings is 1. The summed E-state index contributed by atoms with van der Waals surface area (Å²) in [6, 6.07) is 63.0. The number of ether oxygens (including phenoxy) is 1. The molecule has 3 aromatic heterocycles. The van der Waals surface area contributed by atoms with Crippen molar-refractivity contribution in [1.29, 1.82) is 0 Å². The molecule has 10 aromatic rings. The molecule has 4 heterocycles. The first kappa shape index (κ1) is 45.9. The van der Waals surface area contributed by atoms with Gasteiger partial charge >= 0.3 is 0 Å². The fourth-order valence-electron chi connectivity index (χ4n) is 9.44. The van der Waals surface area contributed by atoms with E-state index in [1.807, 2.05) is 42.6 Å². The molecule has 1 aliphatic heterocycles. The minimum absolute atomic E-state index is 0. The van der Waals surface area contributed by atoms with Crippen LogP contribution in [0.2, 0.25) is 0 Å². The van der Waals surface area contributed by atoms with Gasteiger partial charge in [0, 0.05) is 72.3 Å². The summed E-state index contributed by atoms with van der Waals surface area (Å²) in [6.45, 7) is 22.7. The van der Waals surface area contributed by atoms with Crippen molar-refractivity contribution in [3.63, 3.8) is 0 Å².